The minimum atomic E-state index is 0.529. The van der Waals surface area contributed by atoms with Crippen molar-refractivity contribution in [2.45, 2.75) is 58.5 Å². The van der Waals surface area contributed by atoms with Crippen LogP contribution in [0.4, 0.5) is 5.69 Å². The molecule has 0 amide bonds. The third-order valence-corrected chi connectivity index (χ3v) is 4.06. The minimum Gasteiger partial charge on any atom is -0.382 e. The van der Waals surface area contributed by atoms with Crippen LogP contribution in [0.25, 0.3) is 0 Å². The molecule has 18 heavy (non-hydrogen) atoms. The SMILES string of the molecule is Cc1cccc(NC(C)CC2CCCCN2)c1C. The van der Waals surface area contributed by atoms with Gasteiger partial charge in [0.15, 0.2) is 0 Å². The molecule has 2 unspecified atom stereocenters. The molecule has 1 aromatic carbocycles. The maximum atomic E-state index is 3.66. The molecule has 0 bridgehead atoms. The fourth-order valence-electron chi connectivity index (χ4n) is 2.78. The average molecular weight is 246 g/mol. The molecule has 0 aliphatic carbocycles. The third-order valence-electron chi connectivity index (χ3n) is 4.06. The van der Waals surface area contributed by atoms with Crippen LogP contribution in [0.2, 0.25) is 0 Å². The largest absolute Gasteiger partial charge is 0.382 e. The van der Waals surface area contributed by atoms with Gasteiger partial charge in [-0.3, -0.25) is 0 Å². The Morgan fingerprint density at radius 3 is 2.89 bits per heavy atom. The molecule has 2 atom stereocenters. The molecule has 1 saturated heterocycles. The zero-order valence-electron chi connectivity index (χ0n) is 11.9. The first-order chi connectivity index (χ1) is 8.66. The van der Waals surface area contributed by atoms with E-state index in [1.807, 2.05) is 0 Å². The van der Waals surface area contributed by atoms with Crippen LogP contribution in [0, 0.1) is 13.8 Å². The van der Waals surface area contributed by atoms with Crippen molar-refractivity contribution in [3.05, 3.63) is 29.3 Å². The molecule has 2 N–H and O–H groups in total. The van der Waals surface area contributed by atoms with Crippen molar-refractivity contribution in [3.63, 3.8) is 0 Å². The second kappa shape index (κ2) is 6.24. The third kappa shape index (κ3) is 3.49. The zero-order valence-corrected chi connectivity index (χ0v) is 11.9. The average Bonchev–Trinajstić information content (AvgIpc) is 2.36. The number of hydrogen-bond acceptors (Lipinski definition) is 2. The number of aryl methyl sites for hydroxylation is 1. The van der Waals surface area contributed by atoms with Gasteiger partial charge in [-0.15, -0.1) is 0 Å². The van der Waals surface area contributed by atoms with Gasteiger partial charge in [-0.1, -0.05) is 18.6 Å². The van der Waals surface area contributed by atoms with E-state index in [0.29, 0.717) is 12.1 Å². The Hall–Kier alpha value is -1.02. The van der Waals surface area contributed by atoms with Crippen molar-refractivity contribution in [2.75, 3.05) is 11.9 Å². The number of benzene rings is 1. The summed E-state index contributed by atoms with van der Waals surface area (Å²) in [5.74, 6) is 0. The summed E-state index contributed by atoms with van der Waals surface area (Å²) in [7, 11) is 0. The Labute approximate surface area is 111 Å². The summed E-state index contributed by atoms with van der Waals surface area (Å²) in [5.41, 5.74) is 4.03. The fraction of sp³-hybridized carbons (Fsp3) is 0.625. The Kier molecular flexibility index (Phi) is 4.65. The Morgan fingerprint density at radius 1 is 1.33 bits per heavy atom. The van der Waals surface area contributed by atoms with Crippen molar-refractivity contribution in [3.8, 4) is 0 Å². The Morgan fingerprint density at radius 2 is 2.17 bits per heavy atom. The van der Waals surface area contributed by atoms with Crippen molar-refractivity contribution >= 4 is 5.69 Å². The molecule has 100 valence electrons. The van der Waals surface area contributed by atoms with Gasteiger partial charge in [-0.25, -0.2) is 0 Å². The summed E-state index contributed by atoms with van der Waals surface area (Å²) in [5, 5.41) is 7.28. The molecule has 1 aliphatic rings. The standard InChI is InChI=1S/C16H26N2/c1-12-7-6-9-16(14(12)3)18-13(2)11-15-8-4-5-10-17-15/h6-7,9,13,15,17-18H,4-5,8,10-11H2,1-3H3. The Balaban J connectivity index is 1.90. The van der Waals surface area contributed by atoms with Gasteiger partial charge in [0.1, 0.15) is 0 Å². The van der Waals surface area contributed by atoms with E-state index in [9.17, 15) is 0 Å². The van der Waals surface area contributed by atoms with Crippen LogP contribution in [0.15, 0.2) is 18.2 Å². The van der Waals surface area contributed by atoms with Gasteiger partial charge in [-0.05, 0) is 63.8 Å². The first-order valence-corrected chi connectivity index (χ1v) is 7.23. The summed E-state index contributed by atoms with van der Waals surface area (Å²) in [6, 6.07) is 7.73. The zero-order chi connectivity index (χ0) is 13.0. The van der Waals surface area contributed by atoms with E-state index in [2.05, 4.69) is 49.6 Å². The number of nitrogens with one attached hydrogen (secondary N) is 2. The fourth-order valence-corrected chi connectivity index (χ4v) is 2.78. The predicted octanol–water partition coefficient (Wildman–Crippen LogP) is 3.64. The minimum absolute atomic E-state index is 0.529. The van der Waals surface area contributed by atoms with Gasteiger partial charge in [0.05, 0.1) is 0 Å². The molecule has 0 radical (unpaired) electrons. The monoisotopic (exact) mass is 246 g/mol. The second-order valence-corrected chi connectivity index (χ2v) is 5.68. The maximum absolute atomic E-state index is 3.66. The van der Waals surface area contributed by atoms with Crippen molar-refractivity contribution in [2.24, 2.45) is 0 Å². The number of hydrogen-bond donors (Lipinski definition) is 2. The summed E-state index contributed by atoms with van der Waals surface area (Å²) in [4.78, 5) is 0. The maximum Gasteiger partial charge on any atom is 0.0374 e. The van der Waals surface area contributed by atoms with E-state index in [-0.39, 0.29) is 0 Å². The molecule has 1 aromatic rings. The lowest BCUT2D eigenvalue weighted by atomic mass is 9.98. The van der Waals surface area contributed by atoms with Gasteiger partial charge in [0.2, 0.25) is 0 Å². The van der Waals surface area contributed by atoms with Crippen molar-refractivity contribution < 1.29 is 0 Å². The first-order valence-electron chi connectivity index (χ1n) is 7.23. The van der Waals surface area contributed by atoms with E-state index in [1.54, 1.807) is 0 Å². The summed E-state index contributed by atoms with van der Waals surface area (Å²) < 4.78 is 0. The van der Waals surface area contributed by atoms with E-state index in [1.165, 1.54) is 49.0 Å². The number of rotatable bonds is 4. The number of anilines is 1. The van der Waals surface area contributed by atoms with Gasteiger partial charge in [-0.2, -0.15) is 0 Å². The van der Waals surface area contributed by atoms with Crippen LogP contribution in [-0.4, -0.2) is 18.6 Å². The molecular weight excluding hydrogens is 220 g/mol. The highest BCUT2D eigenvalue weighted by molar-refractivity contribution is 5.54. The van der Waals surface area contributed by atoms with E-state index < -0.39 is 0 Å². The lowest BCUT2D eigenvalue weighted by Gasteiger charge is -2.27. The summed E-state index contributed by atoms with van der Waals surface area (Å²) in [6.07, 6.45) is 5.27. The highest BCUT2D eigenvalue weighted by atomic mass is 15.0. The van der Waals surface area contributed by atoms with Crippen LogP contribution in [0.1, 0.15) is 43.7 Å². The summed E-state index contributed by atoms with van der Waals surface area (Å²) >= 11 is 0. The van der Waals surface area contributed by atoms with Crippen molar-refractivity contribution in [1.82, 2.24) is 5.32 Å². The van der Waals surface area contributed by atoms with E-state index >= 15 is 0 Å². The molecule has 2 nitrogen and oxygen atoms in total. The molecule has 2 rings (SSSR count). The van der Waals surface area contributed by atoms with E-state index in [4.69, 9.17) is 0 Å². The predicted molar refractivity (Wildman–Crippen MR) is 79.3 cm³/mol. The number of piperidine rings is 1. The highest BCUT2D eigenvalue weighted by Gasteiger charge is 2.16. The van der Waals surface area contributed by atoms with Crippen LogP contribution >= 0.6 is 0 Å². The van der Waals surface area contributed by atoms with Gasteiger partial charge < -0.3 is 10.6 Å². The molecule has 1 fully saturated rings. The van der Waals surface area contributed by atoms with Gasteiger partial charge in [0.25, 0.3) is 0 Å². The highest BCUT2D eigenvalue weighted by Crippen LogP contribution is 2.20. The molecule has 0 saturated carbocycles. The lowest BCUT2D eigenvalue weighted by Crippen LogP contribution is -2.37. The van der Waals surface area contributed by atoms with Gasteiger partial charge in [0, 0.05) is 17.8 Å². The molecule has 2 heteroatoms. The summed E-state index contributed by atoms with van der Waals surface area (Å²) in [6.45, 7) is 7.86. The molecule has 1 heterocycles. The molecular formula is C16H26N2. The van der Waals surface area contributed by atoms with Crippen LogP contribution < -0.4 is 10.6 Å². The molecule has 0 spiro atoms. The van der Waals surface area contributed by atoms with Crippen molar-refractivity contribution in [1.29, 1.82) is 0 Å². The first kappa shape index (κ1) is 13.4. The lowest BCUT2D eigenvalue weighted by molar-refractivity contribution is 0.371. The van der Waals surface area contributed by atoms with Gasteiger partial charge >= 0.3 is 0 Å². The molecule has 0 aromatic heterocycles. The van der Waals surface area contributed by atoms with Crippen LogP contribution in [0.3, 0.4) is 0 Å². The van der Waals surface area contributed by atoms with Crippen LogP contribution in [-0.2, 0) is 0 Å². The quantitative estimate of drug-likeness (QED) is 0.847. The smallest absolute Gasteiger partial charge is 0.0374 e. The second-order valence-electron chi connectivity index (χ2n) is 5.68. The molecule has 1 aliphatic heterocycles. The normalized spacial score (nSPS) is 21.6. The van der Waals surface area contributed by atoms with E-state index in [0.717, 1.165) is 0 Å². The topological polar surface area (TPSA) is 24.1 Å². The Bertz CT molecular complexity index is 381. The van der Waals surface area contributed by atoms with Crippen LogP contribution in [0.5, 0.6) is 0 Å².